The lowest BCUT2D eigenvalue weighted by atomic mass is 9.69. The number of carbonyl (C=O) groups excluding carboxylic acids is 2. The largest absolute Gasteiger partial charge is 0.449 e. The zero-order valence-electron chi connectivity index (χ0n) is 24.5. The molecule has 0 radical (unpaired) electrons. The molecule has 2 N–H and O–H groups in total. The zero-order chi connectivity index (χ0) is 30.3. The molecule has 226 valence electrons. The van der Waals surface area contributed by atoms with Gasteiger partial charge in [-0.25, -0.2) is 4.98 Å². The number of nitrogens with zero attached hydrogens (tertiary/aromatic N) is 2. The molecule has 2 heterocycles. The first-order chi connectivity index (χ1) is 19.8. The number of hydrogen-bond donors (Lipinski definition) is 2. The Morgan fingerprint density at radius 2 is 1.86 bits per heavy atom. The highest BCUT2D eigenvalue weighted by molar-refractivity contribution is 5.99. The SMILES string of the molecule is CC1(C)[C@@H]2CC[C@@]1(C)C(NCCCCCCC#Cc1cccc3nc(C(F)(F)F)n(C4CCC(=O)NC4=O)c(=O)c13)C2. The highest BCUT2D eigenvalue weighted by Gasteiger charge is 2.60. The molecule has 2 unspecified atom stereocenters. The molecule has 2 amide bonds. The second-order valence-corrected chi connectivity index (χ2v) is 12.9. The first-order valence-corrected chi connectivity index (χ1v) is 15.0. The van der Waals surface area contributed by atoms with Crippen molar-refractivity contribution in [3.8, 4) is 11.8 Å². The van der Waals surface area contributed by atoms with Crippen LogP contribution < -0.4 is 16.2 Å². The summed E-state index contributed by atoms with van der Waals surface area (Å²) in [5, 5.41) is 5.78. The average molecular weight is 585 g/mol. The standard InChI is InChI=1S/C32H39F3N4O3/c1-30(2)21-16-17-31(30,3)24(19-21)36-18-9-7-5-4-6-8-11-20-12-10-13-22-26(20)28(42)39(29(37-22)32(33,34)35)23-14-15-25(40)38-27(23)41/h10,12-13,21,23-24,36H,4-7,9,14-19H2,1-3H3,(H,38,40,41)/t21-,23?,24?,31+/m1/s1. The molecule has 2 aromatic rings. The molecule has 2 saturated carbocycles. The third-order valence-corrected chi connectivity index (χ3v) is 10.3. The predicted molar refractivity (Wildman–Crippen MR) is 153 cm³/mol. The van der Waals surface area contributed by atoms with E-state index in [-0.39, 0.29) is 29.3 Å². The van der Waals surface area contributed by atoms with Crippen molar-refractivity contribution in [3.63, 3.8) is 0 Å². The summed E-state index contributed by atoms with van der Waals surface area (Å²) in [6.07, 6.45) is 3.24. The Morgan fingerprint density at radius 1 is 1.10 bits per heavy atom. The van der Waals surface area contributed by atoms with Gasteiger partial charge in [-0.05, 0) is 74.0 Å². The molecular weight excluding hydrogens is 545 g/mol. The lowest BCUT2D eigenvalue weighted by molar-refractivity contribution is -0.150. The van der Waals surface area contributed by atoms with E-state index < -0.39 is 35.4 Å². The van der Waals surface area contributed by atoms with E-state index in [0.29, 0.717) is 27.9 Å². The van der Waals surface area contributed by atoms with E-state index in [4.69, 9.17) is 0 Å². The van der Waals surface area contributed by atoms with Crippen molar-refractivity contribution in [2.75, 3.05) is 6.54 Å². The van der Waals surface area contributed by atoms with E-state index in [9.17, 15) is 27.6 Å². The van der Waals surface area contributed by atoms with Crippen molar-refractivity contribution in [2.45, 2.75) is 103 Å². The van der Waals surface area contributed by atoms with E-state index in [0.717, 1.165) is 38.1 Å². The van der Waals surface area contributed by atoms with Gasteiger partial charge in [0.1, 0.15) is 6.04 Å². The van der Waals surface area contributed by atoms with Gasteiger partial charge in [-0.3, -0.25) is 24.3 Å². The molecule has 3 aliphatic rings. The number of imide groups is 1. The van der Waals surface area contributed by atoms with Crippen LogP contribution in [0.15, 0.2) is 23.0 Å². The fraction of sp³-hybridized carbons (Fsp3) is 0.625. The minimum Gasteiger partial charge on any atom is -0.313 e. The fourth-order valence-corrected chi connectivity index (χ4v) is 7.40. The van der Waals surface area contributed by atoms with Gasteiger partial charge in [-0.15, -0.1) is 0 Å². The van der Waals surface area contributed by atoms with Crippen LogP contribution >= 0.6 is 0 Å². The number of unbranched alkanes of at least 4 members (excludes halogenated alkanes) is 4. The average Bonchev–Trinajstić information content (AvgIpc) is 3.25. The van der Waals surface area contributed by atoms with Crippen molar-refractivity contribution in [2.24, 2.45) is 16.7 Å². The molecule has 1 aromatic carbocycles. The summed E-state index contributed by atoms with van der Waals surface area (Å²) in [5.41, 5.74) is -0.0764. The van der Waals surface area contributed by atoms with Crippen molar-refractivity contribution in [1.82, 2.24) is 20.2 Å². The number of carbonyl (C=O) groups is 2. The molecule has 10 heteroatoms. The summed E-state index contributed by atoms with van der Waals surface area (Å²) < 4.78 is 42.1. The maximum atomic E-state index is 13.9. The number of rotatable bonds is 8. The van der Waals surface area contributed by atoms with Gasteiger partial charge in [0.2, 0.25) is 17.6 Å². The molecule has 2 bridgehead atoms. The van der Waals surface area contributed by atoms with Crippen LogP contribution in [0.25, 0.3) is 10.9 Å². The topological polar surface area (TPSA) is 93.1 Å². The monoisotopic (exact) mass is 584 g/mol. The summed E-state index contributed by atoms with van der Waals surface area (Å²) >= 11 is 0. The summed E-state index contributed by atoms with van der Waals surface area (Å²) in [4.78, 5) is 41.2. The van der Waals surface area contributed by atoms with E-state index in [1.54, 1.807) is 6.07 Å². The third-order valence-electron chi connectivity index (χ3n) is 10.3. The van der Waals surface area contributed by atoms with Crippen molar-refractivity contribution < 1.29 is 22.8 Å². The number of piperidine rings is 1. The second kappa shape index (κ2) is 11.5. The number of halogens is 3. The van der Waals surface area contributed by atoms with Gasteiger partial charge >= 0.3 is 6.18 Å². The van der Waals surface area contributed by atoms with E-state index >= 15 is 0 Å². The van der Waals surface area contributed by atoms with Crippen LogP contribution in [0.4, 0.5) is 13.2 Å². The Kier molecular flexibility index (Phi) is 8.27. The molecular formula is C32H39F3N4O3. The number of aromatic nitrogens is 2. The molecule has 0 spiro atoms. The minimum atomic E-state index is -4.97. The van der Waals surface area contributed by atoms with Gasteiger partial charge < -0.3 is 5.32 Å². The predicted octanol–water partition coefficient (Wildman–Crippen LogP) is 5.50. The Balaban J connectivity index is 1.21. The number of nitrogens with one attached hydrogen (secondary N) is 2. The summed E-state index contributed by atoms with van der Waals surface area (Å²) in [7, 11) is 0. The number of hydrogen-bond acceptors (Lipinski definition) is 5. The third kappa shape index (κ3) is 5.48. The van der Waals surface area contributed by atoms with Gasteiger partial charge in [-0.2, -0.15) is 13.2 Å². The molecule has 1 aliphatic heterocycles. The van der Waals surface area contributed by atoms with Crippen molar-refractivity contribution in [3.05, 3.63) is 39.9 Å². The van der Waals surface area contributed by atoms with Crippen LogP contribution in [-0.4, -0.2) is 34.0 Å². The number of fused-ring (bicyclic) bond motifs is 3. The van der Waals surface area contributed by atoms with Gasteiger partial charge in [0.15, 0.2) is 0 Å². The number of alkyl halides is 3. The molecule has 42 heavy (non-hydrogen) atoms. The quantitative estimate of drug-likeness (QED) is 0.243. The Bertz CT molecular complexity index is 1500. The Hall–Kier alpha value is -3.19. The fourth-order valence-electron chi connectivity index (χ4n) is 7.40. The van der Waals surface area contributed by atoms with Crippen LogP contribution in [0.1, 0.15) is 102 Å². The van der Waals surface area contributed by atoms with Gasteiger partial charge in [0.05, 0.1) is 10.9 Å². The summed E-state index contributed by atoms with van der Waals surface area (Å²) in [5.74, 6) is 3.83. The summed E-state index contributed by atoms with van der Waals surface area (Å²) in [6.45, 7) is 8.31. The molecule has 2 aliphatic carbocycles. The van der Waals surface area contributed by atoms with E-state index in [2.05, 4.69) is 42.9 Å². The van der Waals surface area contributed by atoms with Gasteiger partial charge in [0.25, 0.3) is 5.56 Å². The maximum absolute atomic E-state index is 13.9. The lowest BCUT2D eigenvalue weighted by Gasteiger charge is -2.39. The molecule has 5 rings (SSSR count). The van der Waals surface area contributed by atoms with E-state index in [1.807, 2.05) is 5.32 Å². The van der Waals surface area contributed by atoms with Crippen LogP contribution in [0.2, 0.25) is 0 Å². The highest BCUT2D eigenvalue weighted by atomic mass is 19.4. The highest BCUT2D eigenvalue weighted by Crippen LogP contribution is 2.65. The zero-order valence-corrected chi connectivity index (χ0v) is 24.5. The molecule has 3 fully saturated rings. The smallest absolute Gasteiger partial charge is 0.313 e. The Labute approximate surface area is 244 Å². The van der Waals surface area contributed by atoms with Crippen LogP contribution in [0.5, 0.6) is 0 Å². The van der Waals surface area contributed by atoms with Crippen LogP contribution in [0, 0.1) is 28.6 Å². The molecule has 7 nitrogen and oxygen atoms in total. The number of benzene rings is 1. The maximum Gasteiger partial charge on any atom is 0.449 e. The van der Waals surface area contributed by atoms with Crippen LogP contribution in [-0.2, 0) is 15.8 Å². The molecule has 4 atom stereocenters. The number of amides is 2. The summed E-state index contributed by atoms with van der Waals surface area (Å²) in [6, 6.07) is 3.53. The van der Waals surface area contributed by atoms with E-state index in [1.165, 1.54) is 31.4 Å². The van der Waals surface area contributed by atoms with Crippen LogP contribution in [0.3, 0.4) is 0 Å². The van der Waals surface area contributed by atoms with Gasteiger partial charge in [0, 0.05) is 24.4 Å². The van der Waals surface area contributed by atoms with Crippen molar-refractivity contribution in [1.29, 1.82) is 0 Å². The molecule has 1 aromatic heterocycles. The first kappa shape index (κ1) is 30.3. The Morgan fingerprint density at radius 3 is 2.52 bits per heavy atom. The second-order valence-electron chi connectivity index (χ2n) is 12.9. The normalized spacial score (nSPS) is 26.8. The molecule has 1 saturated heterocycles. The first-order valence-electron chi connectivity index (χ1n) is 15.0. The van der Waals surface area contributed by atoms with Crippen molar-refractivity contribution >= 4 is 22.7 Å². The minimum absolute atomic E-state index is 0.0636. The lowest BCUT2D eigenvalue weighted by Crippen LogP contribution is -2.46. The van der Waals surface area contributed by atoms with Gasteiger partial charge in [-0.1, -0.05) is 51.5 Å².